The number of aromatic nitrogens is 2. The van der Waals surface area contributed by atoms with Crippen LogP contribution < -0.4 is 5.32 Å². The van der Waals surface area contributed by atoms with Gasteiger partial charge in [0.1, 0.15) is 5.82 Å². The summed E-state index contributed by atoms with van der Waals surface area (Å²) < 4.78 is 4.53. The second-order valence-corrected chi connectivity index (χ2v) is 5.14. The fourth-order valence-corrected chi connectivity index (χ4v) is 2.42. The molecular formula is C14H13Cl2N3O3. The second kappa shape index (κ2) is 7.40. The minimum atomic E-state index is -0.914. The van der Waals surface area contributed by atoms with Gasteiger partial charge in [0, 0.05) is 22.2 Å². The summed E-state index contributed by atoms with van der Waals surface area (Å²) >= 11 is 12.1. The van der Waals surface area contributed by atoms with Gasteiger partial charge in [0.15, 0.2) is 5.69 Å². The molecular weight excluding hydrogens is 329 g/mol. The van der Waals surface area contributed by atoms with Crippen molar-refractivity contribution in [1.29, 1.82) is 0 Å². The molecule has 2 aromatic rings. The van der Waals surface area contributed by atoms with Crippen LogP contribution in [0.3, 0.4) is 0 Å². The summed E-state index contributed by atoms with van der Waals surface area (Å²) in [5, 5.41) is 21.4. The molecule has 1 unspecified atom stereocenters. The quantitative estimate of drug-likeness (QED) is 0.813. The van der Waals surface area contributed by atoms with Crippen LogP contribution in [0.15, 0.2) is 30.3 Å². The fourth-order valence-electron chi connectivity index (χ4n) is 1.77. The number of hydrogen-bond donors (Lipinski definition) is 2. The molecule has 2 N–H and O–H groups in total. The van der Waals surface area contributed by atoms with Crippen molar-refractivity contribution < 1.29 is 14.6 Å². The highest BCUT2D eigenvalue weighted by Gasteiger charge is 2.15. The smallest absolute Gasteiger partial charge is 0.358 e. The number of aliphatic hydroxyl groups is 1. The van der Waals surface area contributed by atoms with Crippen molar-refractivity contribution in [2.45, 2.75) is 6.10 Å². The SMILES string of the molecule is COC(=O)c1ccc(NCC(O)c2c(Cl)cccc2Cl)nn1. The Morgan fingerprint density at radius 1 is 1.27 bits per heavy atom. The maximum atomic E-state index is 11.2. The van der Waals surface area contributed by atoms with Crippen molar-refractivity contribution >= 4 is 35.0 Å². The Bertz CT molecular complexity index is 645. The molecule has 116 valence electrons. The van der Waals surface area contributed by atoms with Gasteiger partial charge in [-0.25, -0.2) is 4.79 Å². The molecule has 0 saturated carbocycles. The number of carbonyl (C=O) groups excluding carboxylic acids is 1. The van der Waals surface area contributed by atoms with E-state index in [4.69, 9.17) is 23.2 Å². The molecule has 22 heavy (non-hydrogen) atoms. The maximum absolute atomic E-state index is 11.2. The number of methoxy groups -OCH3 is 1. The van der Waals surface area contributed by atoms with Gasteiger partial charge >= 0.3 is 5.97 Å². The van der Waals surface area contributed by atoms with Crippen LogP contribution in [-0.4, -0.2) is 34.9 Å². The third-order valence-electron chi connectivity index (χ3n) is 2.87. The number of benzene rings is 1. The zero-order chi connectivity index (χ0) is 16.1. The molecule has 0 radical (unpaired) electrons. The number of aliphatic hydroxyl groups excluding tert-OH is 1. The number of hydrogen-bond acceptors (Lipinski definition) is 6. The summed E-state index contributed by atoms with van der Waals surface area (Å²) in [5.41, 5.74) is 0.542. The molecule has 0 saturated heterocycles. The first-order chi connectivity index (χ1) is 10.5. The van der Waals surface area contributed by atoms with E-state index in [9.17, 15) is 9.90 Å². The van der Waals surface area contributed by atoms with Crippen LogP contribution in [0.25, 0.3) is 0 Å². The summed E-state index contributed by atoms with van der Waals surface area (Å²) in [5.74, 6) is -0.170. The lowest BCUT2D eigenvalue weighted by molar-refractivity contribution is 0.0592. The number of rotatable bonds is 5. The van der Waals surface area contributed by atoms with Gasteiger partial charge in [0.2, 0.25) is 0 Å². The van der Waals surface area contributed by atoms with Crippen molar-refractivity contribution in [1.82, 2.24) is 10.2 Å². The minimum absolute atomic E-state index is 0.0998. The molecule has 0 aliphatic carbocycles. The van der Waals surface area contributed by atoms with Crippen molar-refractivity contribution in [2.24, 2.45) is 0 Å². The highest BCUT2D eigenvalue weighted by atomic mass is 35.5. The minimum Gasteiger partial charge on any atom is -0.464 e. The molecule has 1 aromatic heterocycles. The lowest BCUT2D eigenvalue weighted by atomic mass is 10.1. The van der Waals surface area contributed by atoms with Gasteiger partial charge in [-0.15, -0.1) is 10.2 Å². The van der Waals surface area contributed by atoms with E-state index in [0.717, 1.165) is 0 Å². The highest BCUT2D eigenvalue weighted by molar-refractivity contribution is 6.36. The average molecular weight is 342 g/mol. The van der Waals surface area contributed by atoms with E-state index in [0.29, 0.717) is 21.4 Å². The third kappa shape index (κ3) is 3.85. The Morgan fingerprint density at radius 2 is 1.95 bits per heavy atom. The van der Waals surface area contributed by atoms with Gasteiger partial charge in [-0.2, -0.15) is 0 Å². The topological polar surface area (TPSA) is 84.3 Å². The summed E-state index contributed by atoms with van der Waals surface area (Å²) in [6, 6.07) is 8.02. The van der Waals surface area contributed by atoms with Crippen LogP contribution in [0.2, 0.25) is 10.0 Å². The average Bonchev–Trinajstić information content (AvgIpc) is 2.52. The summed E-state index contributed by atoms with van der Waals surface area (Å²) in [6.07, 6.45) is -0.914. The number of ether oxygens (including phenoxy) is 1. The molecule has 1 atom stereocenters. The van der Waals surface area contributed by atoms with Crippen molar-refractivity contribution in [3.05, 3.63) is 51.6 Å². The van der Waals surface area contributed by atoms with Crippen LogP contribution in [0.5, 0.6) is 0 Å². The zero-order valence-electron chi connectivity index (χ0n) is 11.6. The van der Waals surface area contributed by atoms with Gasteiger partial charge in [0.25, 0.3) is 0 Å². The number of nitrogens with one attached hydrogen (secondary N) is 1. The van der Waals surface area contributed by atoms with Crippen molar-refractivity contribution in [3.63, 3.8) is 0 Å². The molecule has 2 rings (SSSR count). The maximum Gasteiger partial charge on any atom is 0.358 e. The predicted octanol–water partition coefficient (Wildman–Crippen LogP) is 2.72. The van der Waals surface area contributed by atoms with E-state index in [1.54, 1.807) is 24.3 Å². The van der Waals surface area contributed by atoms with E-state index in [1.165, 1.54) is 13.2 Å². The van der Waals surface area contributed by atoms with Gasteiger partial charge in [-0.1, -0.05) is 29.3 Å². The fraction of sp³-hybridized carbons (Fsp3) is 0.214. The van der Waals surface area contributed by atoms with Crippen LogP contribution in [0.1, 0.15) is 22.2 Å². The molecule has 0 fully saturated rings. The Labute approximate surface area is 137 Å². The van der Waals surface area contributed by atoms with Crippen LogP contribution >= 0.6 is 23.2 Å². The summed E-state index contributed by atoms with van der Waals surface area (Å²) in [6.45, 7) is 0.135. The lowest BCUT2D eigenvalue weighted by Crippen LogP contribution is -2.15. The first-order valence-electron chi connectivity index (χ1n) is 6.31. The third-order valence-corrected chi connectivity index (χ3v) is 3.53. The Balaban J connectivity index is 2.02. The second-order valence-electron chi connectivity index (χ2n) is 4.33. The Hall–Kier alpha value is -1.89. The van der Waals surface area contributed by atoms with E-state index in [1.807, 2.05) is 0 Å². The number of carbonyl (C=O) groups is 1. The summed E-state index contributed by atoms with van der Waals surface area (Å²) in [4.78, 5) is 11.2. The molecule has 6 nitrogen and oxygen atoms in total. The normalized spacial score (nSPS) is 11.8. The molecule has 0 amide bonds. The van der Waals surface area contributed by atoms with E-state index >= 15 is 0 Å². The molecule has 8 heteroatoms. The van der Waals surface area contributed by atoms with Crippen LogP contribution in [0, 0.1) is 0 Å². The van der Waals surface area contributed by atoms with E-state index in [-0.39, 0.29) is 12.2 Å². The number of esters is 1. The predicted molar refractivity (Wildman–Crippen MR) is 83.3 cm³/mol. The van der Waals surface area contributed by atoms with Gasteiger partial charge < -0.3 is 15.2 Å². The zero-order valence-corrected chi connectivity index (χ0v) is 13.1. The van der Waals surface area contributed by atoms with Crippen LogP contribution in [-0.2, 0) is 4.74 Å². The standard InChI is InChI=1S/C14H13Cl2N3O3/c1-22-14(21)10-5-6-12(19-18-10)17-7-11(20)13-8(15)3-2-4-9(13)16/h2-6,11,20H,7H2,1H3,(H,17,19). The van der Waals surface area contributed by atoms with Gasteiger partial charge in [0.05, 0.1) is 13.2 Å². The van der Waals surface area contributed by atoms with Crippen LogP contribution in [0.4, 0.5) is 5.82 Å². The van der Waals surface area contributed by atoms with Gasteiger partial charge in [-0.3, -0.25) is 0 Å². The molecule has 0 aliphatic heterocycles. The molecule has 0 bridgehead atoms. The molecule has 0 aliphatic rings. The van der Waals surface area contributed by atoms with Gasteiger partial charge in [-0.05, 0) is 24.3 Å². The monoisotopic (exact) mass is 341 g/mol. The first-order valence-corrected chi connectivity index (χ1v) is 7.06. The lowest BCUT2D eigenvalue weighted by Gasteiger charge is -2.15. The Kier molecular flexibility index (Phi) is 5.54. The van der Waals surface area contributed by atoms with Crippen molar-refractivity contribution in [3.8, 4) is 0 Å². The summed E-state index contributed by atoms with van der Waals surface area (Å²) in [7, 11) is 1.26. The first kappa shape index (κ1) is 16.5. The molecule has 1 aromatic carbocycles. The number of halogens is 2. The molecule has 0 spiro atoms. The van der Waals surface area contributed by atoms with E-state index < -0.39 is 12.1 Å². The van der Waals surface area contributed by atoms with E-state index in [2.05, 4.69) is 20.3 Å². The van der Waals surface area contributed by atoms with Crippen molar-refractivity contribution in [2.75, 3.05) is 19.0 Å². The number of anilines is 1. The number of nitrogens with zero attached hydrogens (tertiary/aromatic N) is 2. The largest absolute Gasteiger partial charge is 0.464 e. The highest BCUT2D eigenvalue weighted by Crippen LogP contribution is 2.30. The Morgan fingerprint density at radius 3 is 2.50 bits per heavy atom. The molecule has 1 heterocycles.